The predicted molar refractivity (Wildman–Crippen MR) is 70.6 cm³/mol. The number of carboxylic acids is 1. The van der Waals surface area contributed by atoms with Crippen LogP contribution < -0.4 is 4.90 Å². The minimum Gasteiger partial charge on any atom is -0.481 e. The molecule has 0 saturated heterocycles. The Morgan fingerprint density at radius 1 is 1.05 bits per heavy atom. The molecule has 0 saturated carbocycles. The fraction of sp³-hybridized carbons (Fsp3) is 0.143. The van der Waals surface area contributed by atoms with Crippen molar-refractivity contribution in [2.24, 2.45) is 0 Å². The first-order valence-corrected chi connectivity index (χ1v) is 6.04. The summed E-state index contributed by atoms with van der Waals surface area (Å²) >= 11 is 0. The van der Waals surface area contributed by atoms with Crippen LogP contribution in [0.5, 0.6) is 0 Å². The molecule has 1 aliphatic rings. The number of hydrogen-bond donors (Lipinski definition) is 1. The number of ether oxygens (including phenoxy) is 1. The van der Waals surface area contributed by atoms with Gasteiger partial charge in [-0.05, 0) is 24.3 Å². The van der Waals surface area contributed by atoms with Crippen molar-refractivity contribution in [2.45, 2.75) is 6.42 Å². The molecule has 7 nitrogen and oxygen atoms in total. The lowest BCUT2D eigenvalue weighted by molar-refractivity contribution is -0.137. The average molecular weight is 289 g/mol. The lowest BCUT2D eigenvalue weighted by Crippen LogP contribution is -2.29. The SMILES string of the molecule is O=C(O)CCOC(=O)c1ccc(N2C(=O)C=CC2=O)cc1. The van der Waals surface area contributed by atoms with Crippen LogP contribution in [0, 0.1) is 0 Å². The van der Waals surface area contributed by atoms with E-state index >= 15 is 0 Å². The Balaban J connectivity index is 2.02. The van der Waals surface area contributed by atoms with E-state index in [1.54, 1.807) is 0 Å². The summed E-state index contributed by atoms with van der Waals surface area (Å²) in [5.74, 6) is -2.62. The molecule has 7 heteroatoms. The number of carboxylic acid groups (broad SMARTS) is 1. The largest absolute Gasteiger partial charge is 0.481 e. The number of carbonyl (C=O) groups is 4. The zero-order valence-electron chi connectivity index (χ0n) is 10.8. The quantitative estimate of drug-likeness (QED) is 0.634. The van der Waals surface area contributed by atoms with Gasteiger partial charge in [-0.2, -0.15) is 0 Å². The zero-order valence-corrected chi connectivity index (χ0v) is 10.8. The van der Waals surface area contributed by atoms with Crippen LogP contribution >= 0.6 is 0 Å². The maximum absolute atomic E-state index is 11.6. The average Bonchev–Trinajstić information content (AvgIpc) is 2.78. The summed E-state index contributed by atoms with van der Waals surface area (Å²) in [6.07, 6.45) is 2.05. The molecule has 1 aromatic carbocycles. The van der Waals surface area contributed by atoms with Crippen LogP contribution in [0.25, 0.3) is 0 Å². The maximum Gasteiger partial charge on any atom is 0.338 e. The molecule has 0 bridgehead atoms. The second-order valence-electron chi connectivity index (χ2n) is 4.17. The lowest BCUT2D eigenvalue weighted by Gasteiger charge is -2.13. The monoisotopic (exact) mass is 289 g/mol. The van der Waals surface area contributed by atoms with Gasteiger partial charge in [-0.1, -0.05) is 0 Å². The molecule has 0 fully saturated rings. The first-order valence-electron chi connectivity index (χ1n) is 6.04. The molecule has 0 unspecified atom stereocenters. The highest BCUT2D eigenvalue weighted by molar-refractivity contribution is 6.28. The summed E-state index contributed by atoms with van der Waals surface area (Å²) in [6.45, 7) is -0.219. The van der Waals surface area contributed by atoms with Crippen LogP contribution in [0.3, 0.4) is 0 Å². The molecule has 0 atom stereocenters. The van der Waals surface area contributed by atoms with E-state index < -0.39 is 23.8 Å². The van der Waals surface area contributed by atoms with Crippen LogP contribution in [-0.2, 0) is 19.1 Å². The number of aliphatic carboxylic acids is 1. The molecule has 1 heterocycles. The van der Waals surface area contributed by atoms with Crippen molar-refractivity contribution in [1.82, 2.24) is 0 Å². The highest BCUT2D eigenvalue weighted by Gasteiger charge is 2.25. The number of hydrogen-bond acceptors (Lipinski definition) is 5. The predicted octanol–water partition coefficient (Wildman–Crippen LogP) is 0.748. The smallest absolute Gasteiger partial charge is 0.338 e. The minimum atomic E-state index is -1.06. The second-order valence-corrected chi connectivity index (χ2v) is 4.17. The molecule has 0 aromatic heterocycles. The lowest BCUT2D eigenvalue weighted by atomic mass is 10.2. The van der Waals surface area contributed by atoms with Crippen LogP contribution in [0.1, 0.15) is 16.8 Å². The molecule has 108 valence electrons. The van der Waals surface area contributed by atoms with Crippen molar-refractivity contribution in [3.63, 3.8) is 0 Å². The van der Waals surface area contributed by atoms with Crippen molar-refractivity contribution >= 4 is 29.4 Å². The first-order chi connectivity index (χ1) is 9.99. The fourth-order valence-electron chi connectivity index (χ4n) is 1.72. The van der Waals surface area contributed by atoms with Gasteiger partial charge in [0, 0.05) is 12.2 Å². The van der Waals surface area contributed by atoms with Crippen LogP contribution in [-0.4, -0.2) is 35.5 Å². The van der Waals surface area contributed by atoms with E-state index in [2.05, 4.69) is 0 Å². The number of esters is 1. The van der Waals surface area contributed by atoms with Gasteiger partial charge in [-0.15, -0.1) is 0 Å². The summed E-state index contributed by atoms with van der Waals surface area (Å²) in [6, 6.07) is 5.68. The molecule has 1 N–H and O–H groups in total. The van der Waals surface area contributed by atoms with Gasteiger partial charge < -0.3 is 9.84 Å². The van der Waals surface area contributed by atoms with Gasteiger partial charge in [0.25, 0.3) is 11.8 Å². The van der Waals surface area contributed by atoms with Gasteiger partial charge in [0.2, 0.25) is 0 Å². The molecule has 1 aliphatic heterocycles. The van der Waals surface area contributed by atoms with E-state index in [9.17, 15) is 19.2 Å². The molecule has 2 amide bonds. The molecule has 1 aromatic rings. The van der Waals surface area contributed by atoms with E-state index in [0.29, 0.717) is 5.69 Å². The van der Waals surface area contributed by atoms with E-state index in [1.165, 1.54) is 24.3 Å². The molecule has 0 spiro atoms. The number of rotatable bonds is 5. The number of imide groups is 1. The van der Waals surface area contributed by atoms with Crippen molar-refractivity contribution < 1.29 is 29.0 Å². The van der Waals surface area contributed by atoms with E-state index in [1.807, 2.05) is 0 Å². The number of anilines is 1. The Bertz CT molecular complexity index is 613. The normalized spacial score (nSPS) is 13.6. The number of nitrogens with zero attached hydrogens (tertiary/aromatic N) is 1. The molecule has 0 radical (unpaired) electrons. The van der Waals surface area contributed by atoms with Crippen molar-refractivity contribution in [1.29, 1.82) is 0 Å². The molecular formula is C14H11NO6. The Hall–Kier alpha value is -2.96. The topological polar surface area (TPSA) is 101 Å². The van der Waals surface area contributed by atoms with Crippen LogP contribution in [0.2, 0.25) is 0 Å². The van der Waals surface area contributed by atoms with Crippen LogP contribution in [0.15, 0.2) is 36.4 Å². The van der Waals surface area contributed by atoms with E-state index in [-0.39, 0.29) is 18.6 Å². The Labute approximate surface area is 119 Å². The van der Waals surface area contributed by atoms with Crippen molar-refractivity contribution in [3.05, 3.63) is 42.0 Å². The summed E-state index contributed by atoms with van der Waals surface area (Å²) in [4.78, 5) is 45.8. The number of amides is 2. The maximum atomic E-state index is 11.6. The summed E-state index contributed by atoms with van der Waals surface area (Å²) in [5.41, 5.74) is 0.549. The number of carbonyl (C=O) groups excluding carboxylic acids is 3. The first kappa shape index (κ1) is 14.4. The molecule has 0 aliphatic carbocycles. The van der Waals surface area contributed by atoms with Gasteiger partial charge in [-0.25, -0.2) is 9.69 Å². The van der Waals surface area contributed by atoms with Gasteiger partial charge in [0.05, 0.1) is 17.7 Å². The highest BCUT2D eigenvalue weighted by atomic mass is 16.5. The van der Waals surface area contributed by atoms with Gasteiger partial charge in [0.1, 0.15) is 6.61 Å². The van der Waals surface area contributed by atoms with Gasteiger partial charge >= 0.3 is 11.9 Å². The standard InChI is InChI=1S/C14H11NO6/c16-11-5-6-12(17)15(11)10-3-1-9(2-4-10)14(20)21-8-7-13(18)19/h1-6H,7-8H2,(H,18,19). The Kier molecular flexibility index (Phi) is 4.13. The third-order valence-electron chi connectivity index (χ3n) is 2.72. The second kappa shape index (κ2) is 6.00. The highest BCUT2D eigenvalue weighted by Crippen LogP contribution is 2.19. The van der Waals surface area contributed by atoms with Crippen molar-refractivity contribution in [2.75, 3.05) is 11.5 Å². The Morgan fingerprint density at radius 2 is 1.62 bits per heavy atom. The minimum absolute atomic E-state index is 0.205. The van der Waals surface area contributed by atoms with Gasteiger partial charge in [0.15, 0.2) is 0 Å². The third-order valence-corrected chi connectivity index (χ3v) is 2.72. The van der Waals surface area contributed by atoms with Crippen molar-refractivity contribution in [3.8, 4) is 0 Å². The van der Waals surface area contributed by atoms with Crippen LogP contribution in [0.4, 0.5) is 5.69 Å². The zero-order chi connectivity index (χ0) is 15.4. The summed E-state index contributed by atoms with van der Waals surface area (Å²) in [7, 11) is 0. The summed E-state index contributed by atoms with van der Waals surface area (Å²) in [5, 5.41) is 8.44. The number of benzene rings is 1. The fourth-order valence-corrected chi connectivity index (χ4v) is 1.72. The van der Waals surface area contributed by atoms with Gasteiger partial charge in [-0.3, -0.25) is 14.4 Å². The molecule has 2 rings (SSSR count). The molecule has 21 heavy (non-hydrogen) atoms. The Morgan fingerprint density at radius 3 is 2.14 bits per heavy atom. The molecular weight excluding hydrogens is 278 g/mol. The van der Waals surface area contributed by atoms with E-state index in [0.717, 1.165) is 17.1 Å². The summed E-state index contributed by atoms with van der Waals surface area (Å²) < 4.78 is 4.77. The van der Waals surface area contributed by atoms with E-state index in [4.69, 9.17) is 9.84 Å². The third kappa shape index (κ3) is 3.33.